The van der Waals surface area contributed by atoms with Crippen LogP contribution < -0.4 is 0 Å². The minimum Gasteiger partial charge on any atom is -0.485 e. The van der Waals surface area contributed by atoms with Gasteiger partial charge in [-0.15, -0.1) is 0 Å². The lowest BCUT2D eigenvalue weighted by atomic mass is 9.93. The van der Waals surface area contributed by atoms with Crippen molar-refractivity contribution < 1.29 is 24.5 Å². The maximum absolute atomic E-state index is 12.2. The fourth-order valence-electron chi connectivity index (χ4n) is 3.05. The van der Waals surface area contributed by atoms with E-state index in [2.05, 4.69) is 6.92 Å². The molecule has 0 bridgehead atoms. The highest BCUT2D eigenvalue weighted by atomic mass is 16.5. The molecule has 7 heteroatoms. The van der Waals surface area contributed by atoms with Gasteiger partial charge in [-0.1, -0.05) is 6.92 Å². The first kappa shape index (κ1) is 20.4. The predicted molar refractivity (Wildman–Crippen MR) is 89.9 cm³/mol. The van der Waals surface area contributed by atoms with Gasteiger partial charge in [0.25, 0.3) is 11.8 Å². The van der Waals surface area contributed by atoms with Gasteiger partial charge in [-0.2, -0.15) is 0 Å². The van der Waals surface area contributed by atoms with Crippen LogP contribution in [0.25, 0.3) is 0 Å². The van der Waals surface area contributed by atoms with E-state index < -0.39 is 29.6 Å². The van der Waals surface area contributed by atoms with Gasteiger partial charge in [0.15, 0.2) is 6.10 Å². The van der Waals surface area contributed by atoms with Crippen LogP contribution in [0.4, 0.5) is 0 Å². The highest BCUT2D eigenvalue weighted by Crippen LogP contribution is 2.40. The van der Waals surface area contributed by atoms with Crippen molar-refractivity contribution in [3.05, 3.63) is 12.3 Å². The van der Waals surface area contributed by atoms with Gasteiger partial charge in [-0.25, -0.2) is 0 Å². The number of rotatable bonds is 6. The van der Waals surface area contributed by atoms with Crippen molar-refractivity contribution in [2.75, 3.05) is 28.2 Å². The number of ether oxygens (including phenoxy) is 1. The summed E-state index contributed by atoms with van der Waals surface area (Å²) in [6.07, 6.45) is 1.61. The Morgan fingerprint density at radius 3 is 2.17 bits per heavy atom. The number of aliphatic hydroxyl groups excluding tert-OH is 1. The van der Waals surface area contributed by atoms with E-state index in [4.69, 9.17) is 4.74 Å². The average molecular weight is 342 g/mol. The molecule has 1 saturated carbocycles. The van der Waals surface area contributed by atoms with Crippen molar-refractivity contribution in [3.63, 3.8) is 0 Å². The molecule has 0 saturated heterocycles. The maximum atomic E-state index is 12.2. The molecule has 0 heterocycles. The first-order chi connectivity index (χ1) is 11.0. The number of aliphatic hydroxyl groups is 2. The Labute approximate surface area is 143 Å². The molecule has 1 fully saturated rings. The second-order valence-corrected chi connectivity index (χ2v) is 7.30. The van der Waals surface area contributed by atoms with Crippen LogP contribution in [0.3, 0.4) is 0 Å². The molecule has 0 unspecified atom stereocenters. The Morgan fingerprint density at radius 2 is 1.75 bits per heavy atom. The van der Waals surface area contributed by atoms with Crippen LogP contribution in [-0.4, -0.2) is 77.8 Å². The molecule has 0 spiro atoms. The fourth-order valence-corrected chi connectivity index (χ4v) is 3.05. The van der Waals surface area contributed by atoms with Gasteiger partial charge in [-0.05, 0) is 31.8 Å². The molecule has 1 aliphatic carbocycles. The molecule has 0 aliphatic heterocycles. The summed E-state index contributed by atoms with van der Waals surface area (Å²) in [4.78, 5) is 26.6. The quantitative estimate of drug-likeness (QED) is 0.674. The molecular weight excluding hydrogens is 312 g/mol. The Bertz CT molecular complexity index is 487. The number of amides is 2. The van der Waals surface area contributed by atoms with Gasteiger partial charge >= 0.3 is 0 Å². The molecule has 1 rings (SSSR count). The smallest absolute Gasteiger partial charge is 0.266 e. The molecule has 2 N–H and O–H groups in total. The molecule has 0 aromatic carbocycles. The Kier molecular flexibility index (Phi) is 6.80. The van der Waals surface area contributed by atoms with Crippen LogP contribution in [0.5, 0.6) is 0 Å². The van der Waals surface area contributed by atoms with E-state index in [1.165, 1.54) is 44.3 Å². The maximum Gasteiger partial charge on any atom is 0.266 e. The molecule has 5 atom stereocenters. The number of nitrogens with zero attached hydrogens (tertiary/aromatic N) is 2. The summed E-state index contributed by atoms with van der Waals surface area (Å²) in [5.74, 6) is -0.807. The summed E-state index contributed by atoms with van der Waals surface area (Å²) in [7, 11) is 6.04. The van der Waals surface area contributed by atoms with E-state index in [9.17, 15) is 19.8 Å². The summed E-state index contributed by atoms with van der Waals surface area (Å²) in [5.41, 5.74) is -0.821. The van der Waals surface area contributed by atoms with E-state index in [1.807, 2.05) is 0 Å². The average Bonchev–Trinajstić information content (AvgIpc) is 2.73. The van der Waals surface area contributed by atoms with Crippen LogP contribution in [0.2, 0.25) is 0 Å². The monoisotopic (exact) mass is 342 g/mol. The second-order valence-electron chi connectivity index (χ2n) is 7.30. The van der Waals surface area contributed by atoms with Crippen molar-refractivity contribution in [2.45, 2.75) is 44.5 Å². The van der Waals surface area contributed by atoms with Gasteiger partial charge in [0.1, 0.15) is 0 Å². The van der Waals surface area contributed by atoms with E-state index in [-0.39, 0.29) is 5.92 Å². The topological polar surface area (TPSA) is 90.3 Å². The summed E-state index contributed by atoms with van der Waals surface area (Å²) in [5, 5.41) is 20.5. The van der Waals surface area contributed by atoms with Crippen LogP contribution in [0.1, 0.15) is 26.7 Å². The summed E-state index contributed by atoms with van der Waals surface area (Å²) < 4.78 is 5.41. The molecule has 138 valence electrons. The van der Waals surface area contributed by atoms with Crippen molar-refractivity contribution in [1.82, 2.24) is 9.80 Å². The molecule has 1 aliphatic rings. The lowest BCUT2D eigenvalue weighted by Gasteiger charge is -2.26. The third-order valence-electron chi connectivity index (χ3n) is 4.42. The zero-order chi connectivity index (χ0) is 18.7. The second kappa shape index (κ2) is 7.98. The SMILES string of the molecule is C[C@H]1C[C@H](/C=C/O[C@@H](C(=O)N(C)C)[C@@H](O)C(=O)N(C)C)[C@](C)(O)C1. The molecule has 0 radical (unpaired) electrons. The Balaban J connectivity index is 2.84. The fraction of sp³-hybridized carbons (Fsp3) is 0.765. The first-order valence-corrected chi connectivity index (χ1v) is 8.12. The molecule has 0 aromatic heterocycles. The van der Waals surface area contributed by atoms with Crippen molar-refractivity contribution in [1.29, 1.82) is 0 Å². The third-order valence-corrected chi connectivity index (χ3v) is 4.42. The van der Waals surface area contributed by atoms with Crippen LogP contribution in [0, 0.1) is 11.8 Å². The summed E-state index contributed by atoms with van der Waals surface area (Å²) in [6, 6.07) is 0. The molecule has 7 nitrogen and oxygen atoms in total. The highest BCUT2D eigenvalue weighted by molar-refractivity contribution is 5.90. The van der Waals surface area contributed by atoms with Gasteiger partial charge in [0.2, 0.25) is 6.10 Å². The van der Waals surface area contributed by atoms with Gasteiger partial charge in [0.05, 0.1) is 11.9 Å². The van der Waals surface area contributed by atoms with Gasteiger partial charge in [-0.3, -0.25) is 9.59 Å². The molecule has 24 heavy (non-hydrogen) atoms. The van der Waals surface area contributed by atoms with E-state index in [0.717, 1.165) is 6.42 Å². The van der Waals surface area contributed by atoms with Crippen LogP contribution in [0.15, 0.2) is 12.3 Å². The predicted octanol–water partition coefficient (Wildman–Crippen LogP) is 0.220. The Hall–Kier alpha value is -1.60. The normalized spacial score (nSPS) is 29.3. The van der Waals surface area contributed by atoms with Gasteiger partial charge in [0, 0.05) is 34.1 Å². The number of hydrogen-bond acceptors (Lipinski definition) is 5. The molecule has 2 amide bonds. The third kappa shape index (κ3) is 4.95. The van der Waals surface area contributed by atoms with Crippen LogP contribution >= 0.6 is 0 Å². The highest BCUT2D eigenvalue weighted by Gasteiger charge is 2.39. The van der Waals surface area contributed by atoms with Gasteiger partial charge < -0.3 is 24.7 Å². The standard InChI is InChI=1S/C17H30N2O5/c1-11-9-12(17(2,23)10-11)7-8-24-14(16(22)19(5)6)13(20)15(21)18(3)4/h7-8,11-14,20,23H,9-10H2,1-6H3/b8-7+/t11-,12-,13+,14+,17+/m0/s1. The lowest BCUT2D eigenvalue weighted by Crippen LogP contribution is -2.49. The summed E-state index contributed by atoms with van der Waals surface area (Å²) >= 11 is 0. The van der Waals surface area contributed by atoms with Crippen molar-refractivity contribution in [3.8, 4) is 0 Å². The number of carbonyl (C=O) groups is 2. The molecule has 0 aromatic rings. The summed E-state index contributed by atoms with van der Waals surface area (Å²) in [6.45, 7) is 3.85. The zero-order valence-electron chi connectivity index (χ0n) is 15.4. The van der Waals surface area contributed by atoms with E-state index in [1.54, 1.807) is 13.0 Å². The number of likely N-dealkylation sites (N-methyl/N-ethyl adjacent to an activating group) is 2. The largest absolute Gasteiger partial charge is 0.485 e. The Morgan fingerprint density at radius 1 is 1.21 bits per heavy atom. The van der Waals surface area contributed by atoms with E-state index >= 15 is 0 Å². The zero-order valence-corrected chi connectivity index (χ0v) is 15.4. The van der Waals surface area contributed by atoms with Crippen LogP contribution in [-0.2, 0) is 14.3 Å². The van der Waals surface area contributed by atoms with Crippen molar-refractivity contribution >= 4 is 11.8 Å². The molecular formula is C17H30N2O5. The van der Waals surface area contributed by atoms with E-state index in [0.29, 0.717) is 12.3 Å². The minimum atomic E-state index is -1.59. The minimum absolute atomic E-state index is 0.0932. The number of hydrogen-bond donors (Lipinski definition) is 2. The number of carbonyl (C=O) groups excluding carboxylic acids is 2. The lowest BCUT2D eigenvalue weighted by molar-refractivity contribution is -0.155. The first-order valence-electron chi connectivity index (χ1n) is 8.12. The van der Waals surface area contributed by atoms with Crippen molar-refractivity contribution in [2.24, 2.45) is 11.8 Å².